The molecule has 1 saturated heterocycles. The van der Waals surface area contributed by atoms with Crippen LogP contribution in [-0.2, 0) is 9.84 Å². The maximum Gasteiger partial charge on any atom is 0.164 e. The van der Waals surface area contributed by atoms with Gasteiger partial charge < -0.3 is 5.73 Å². The number of thioether (sulfide) groups is 1. The molecule has 6 heteroatoms. The van der Waals surface area contributed by atoms with E-state index in [1.165, 1.54) is 12.7 Å². The molecular formula is C14H28N2O2S2. The zero-order valence-electron chi connectivity index (χ0n) is 12.8. The lowest BCUT2D eigenvalue weighted by Gasteiger charge is -2.55. The molecule has 4 atom stereocenters. The van der Waals surface area contributed by atoms with Crippen LogP contribution in [0.2, 0.25) is 0 Å². The SMILES string of the molecule is CC1CCCC(CN)(N2CCSCC2S(C)(=O)=O)C1C. The third-order valence-electron chi connectivity index (χ3n) is 5.47. The van der Waals surface area contributed by atoms with Crippen molar-refractivity contribution in [2.75, 3.05) is 30.9 Å². The van der Waals surface area contributed by atoms with Crippen LogP contribution >= 0.6 is 11.8 Å². The predicted octanol–water partition coefficient (Wildman–Crippen LogP) is 1.56. The fourth-order valence-corrected chi connectivity index (χ4v) is 6.92. The van der Waals surface area contributed by atoms with Gasteiger partial charge in [-0.05, 0) is 18.3 Å². The van der Waals surface area contributed by atoms with Crippen molar-refractivity contribution in [2.24, 2.45) is 17.6 Å². The Morgan fingerprint density at radius 2 is 2.10 bits per heavy atom. The molecule has 1 heterocycles. The van der Waals surface area contributed by atoms with Crippen LogP contribution in [0.25, 0.3) is 0 Å². The molecule has 0 aromatic heterocycles. The third-order valence-corrected chi connectivity index (χ3v) is 8.12. The van der Waals surface area contributed by atoms with Gasteiger partial charge in [-0.25, -0.2) is 8.42 Å². The lowest BCUT2D eigenvalue weighted by molar-refractivity contribution is -0.0137. The molecule has 2 rings (SSSR count). The van der Waals surface area contributed by atoms with Crippen molar-refractivity contribution in [3.63, 3.8) is 0 Å². The number of sulfone groups is 1. The zero-order valence-corrected chi connectivity index (χ0v) is 14.5. The van der Waals surface area contributed by atoms with E-state index in [0.29, 0.717) is 24.1 Å². The van der Waals surface area contributed by atoms with Crippen LogP contribution in [0.15, 0.2) is 0 Å². The van der Waals surface area contributed by atoms with Gasteiger partial charge in [0.1, 0.15) is 5.37 Å². The molecule has 0 aromatic rings. The largest absolute Gasteiger partial charge is 0.329 e. The first kappa shape index (κ1) is 16.6. The van der Waals surface area contributed by atoms with Crippen molar-refractivity contribution in [1.82, 2.24) is 4.90 Å². The summed E-state index contributed by atoms with van der Waals surface area (Å²) in [7, 11) is -3.06. The quantitative estimate of drug-likeness (QED) is 0.855. The van der Waals surface area contributed by atoms with Gasteiger partial charge in [0.05, 0.1) is 0 Å². The van der Waals surface area contributed by atoms with Gasteiger partial charge in [-0.1, -0.05) is 26.7 Å². The first-order valence-corrected chi connectivity index (χ1v) is 10.7. The normalized spacial score (nSPS) is 40.7. The number of nitrogens with two attached hydrogens (primary N) is 1. The summed E-state index contributed by atoms with van der Waals surface area (Å²) in [5.74, 6) is 2.76. The lowest BCUT2D eigenvalue weighted by Crippen LogP contribution is -2.66. The Balaban J connectivity index is 2.37. The van der Waals surface area contributed by atoms with Crippen LogP contribution in [-0.4, -0.2) is 55.1 Å². The number of rotatable bonds is 3. The van der Waals surface area contributed by atoms with Crippen LogP contribution in [0.4, 0.5) is 0 Å². The molecule has 4 unspecified atom stereocenters. The van der Waals surface area contributed by atoms with Crippen molar-refractivity contribution >= 4 is 21.6 Å². The Morgan fingerprint density at radius 3 is 2.70 bits per heavy atom. The summed E-state index contributed by atoms with van der Waals surface area (Å²) in [5.41, 5.74) is 6.05. The van der Waals surface area contributed by atoms with Crippen molar-refractivity contribution in [2.45, 2.75) is 44.0 Å². The van der Waals surface area contributed by atoms with E-state index < -0.39 is 9.84 Å². The molecule has 2 aliphatic rings. The standard InChI is InChI=1S/C14H28N2O2S2/c1-11-5-4-6-14(10-15,12(11)2)16-7-8-19-9-13(16)20(3,17)18/h11-13H,4-10,15H2,1-3H3. The maximum atomic E-state index is 12.2. The van der Waals surface area contributed by atoms with E-state index in [0.717, 1.165) is 25.1 Å². The van der Waals surface area contributed by atoms with Gasteiger partial charge in [0.15, 0.2) is 9.84 Å². The molecule has 20 heavy (non-hydrogen) atoms. The second-order valence-electron chi connectivity index (χ2n) is 6.52. The predicted molar refractivity (Wildman–Crippen MR) is 86.6 cm³/mol. The molecule has 4 nitrogen and oxygen atoms in total. The monoisotopic (exact) mass is 320 g/mol. The minimum absolute atomic E-state index is 0.133. The average Bonchev–Trinajstić information content (AvgIpc) is 2.41. The van der Waals surface area contributed by atoms with Crippen molar-refractivity contribution < 1.29 is 8.42 Å². The van der Waals surface area contributed by atoms with Gasteiger partial charge in [0.25, 0.3) is 0 Å². The average molecular weight is 321 g/mol. The second kappa shape index (κ2) is 6.15. The lowest BCUT2D eigenvalue weighted by atomic mass is 9.67. The first-order valence-electron chi connectivity index (χ1n) is 7.56. The number of hydrogen-bond acceptors (Lipinski definition) is 5. The van der Waals surface area contributed by atoms with E-state index in [2.05, 4.69) is 18.7 Å². The molecule has 118 valence electrons. The Labute approximate surface area is 127 Å². The summed E-state index contributed by atoms with van der Waals surface area (Å²) in [6.07, 6.45) is 4.79. The van der Waals surface area contributed by atoms with Crippen LogP contribution in [0.3, 0.4) is 0 Å². The molecule has 1 saturated carbocycles. The summed E-state index contributed by atoms with van der Waals surface area (Å²) in [6, 6.07) is 0. The van der Waals surface area contributed by atoms with Gasteiger partial charge in [0, 0.05) is 36.4 Å². The highest BCUT2D eigenvalue weighted by atomic mass is 32.2. The maximum absolute atomic E-state index is 12.2. The summed E-state index contributed by atoms with van der Waals surface area (Å²) in [5, 5.41) is -0.363. The Bertz CT molecular complexity index is 440. The molecular weight excluding hydrogens is 292 g/mol. The summed E-state index contributed by atoms with van der Waals surface area (Å²) >= 11 is 1.75. The number of nitrogens with zero attached hydrogens (tertiary/aromatic N) is 1. The first-order chi connectivity index (χ1) is 9.33. The molecule has 0 spiro atoms. The second-order valence-corrected chi connectivity index (χ2v) is 9.87. The molecule has 0 radical (unpaired) electrons. The highest BCUT2D eigenvalue weighted by Crippen LogP contribution is 2.43. The molecule has 0 amide bonds. The van der Waals surface area contributed by atoms with Gasteiger partial charge in [-0.3, -0.25) is 4.90 Å². The molecule has 0 bridgehead atoms. The highest BCUT2D eigenvalue weighted by Gasteiger charge is 2.49. The topological polar surface area (TPSA) is 63.4 Å². The fourth-order valence-electron chi connectivity index (χ4n) is 3.99. The van der Waals surface area contributed by atoms with Crippen LogP contribution in [0, 0.1) is 11.8 Å². The molecule has 1 aliphatic heterocycles. The van der Waals surface area contributed by atoms with Crippen molar-refractivity contribution in [1.29, 1.82) is 0 Å². The zero-order chi connectivity index (χ0) is 15.0. The Kier molecular flexibility index (Phi) is 5.10. The van der Waals surface area contributed by atoms with Crippen molar-refractivity contribution in [3.05, 3.63) is 0 Å². The summed E-state index contributed by atoms with van der Waals surface area (Å²) in [6.45, 7) is 5.95. The van der Waals surface area contributed by atoms with E-state index >= 15 is 0 Å². The van der Waals surface area contributed by atoms with Crippen LogP contribution in [0.1, 0.15) is 33.1 Å². The molecule has 2 fully saturated rings. The van der Waals surface area contributed by atoms with E-state index in [1.54, 1.807) is 11.8 Å². The highest BCUT2D eigenvalue weighted by molar-refractivity contribution is 8.00. The summed E-state index contributed by atoms with van der Waals surface area (Å²) in [4.78, 5) is 2.25. The van der Waals surface area contributed by atoms with E-state index in [9.17, 15) is 8.42 Å². The number of hydrogen-bond donors (Lipinski definition) is 1. The smallest absolute Gasteiger partial charge is 0.164 e. The molecule has 2 N–H and O–H groups in total. The van der Waals surface area contributed by atoms with E-state index in [-0.39, 0.29) is 10.9 Å². The van der Waals surface area contributed by atoms with Crippen molar-refractivity contribution in [3.8, 4) is 0 Å². The molecule has 1 aliphatic carbocycles. The minimum atomic E-state index is -3.06. The fraction of sp³-hybridized carbons (Fsp3) is 1.00. The Hall–Kier alpha value is 0.220. The van der Waals surface area contributed by atoms with Crippen LogP contribution < -0.4 is 5.73 Å². The van der Waals surface area contributed by atoms with Gasteiger partial charge in [-0.2, -0.15) is 11.8 Å². The Morgan fingerprint density at radius 1 is 1.40 bits per heavy atom. The third kappa shape index (κ3) is 2.89. The van der Waals surface area contributed by atoms with Crippen LogP contribution in [0.5, 0.6) is 0 Å². The van der Waals surface area contributed by atoms with Gasteiger partial charge >= 0.3 is 0 Å². The minimum Gasteiger partial charge on any atom is -0.329 e. The van der Waals surface area contributed by atoms with E-state index in [4.69, 9.17) is 5.73 Å². The van der Waals surface area contributed by atoms with Gasteiger partial charge in [0.2, 0.25) is 0 Å². The summed E-state index contributed by atoms with van der Waals surface area (Å²) < 4.78 is 24.4. The molecule has 0 aromatic carbocycles. The van der Waals surface area contributed by atoms with Gasteiger partial charge in [-0.15, -0.1) is 0 Å². The van der Waals surface area contributed by atoms with E-state index in [1.807, 2.05) is 0 Å².